The maximum Gasteiger partial charge on any atom is 0.182 e. The van der Waals surface area contributed by atoms with Crippen LogP contribution in [0.3, 0.4) is 0 Å². The zero-order valence-electron chi connectivity index (χ0n) is 5.71. The molecule has 3 N–H and O–H groups in total. The summed E-state index contributed by atoms with van der Waals surface area (Å²) in [6, 6.07) is 1.75. The smallest absolute Gasteiger partial charge is 0.182 e. The van der Waals surface area contributed by atoms with E-state index in [0.717, 1.165) is 0 Å². The largest absolute Gasteiger partial charge is 0.394 e. The minimum atomic E-state index is -1.35. The summed E-state index contributed by atoms with van der Waals surface area (Å²) in [5.74, 6) is -0.838. The van der Waals surface area contributed by atoms with Gasteiger partial charge in [0, 0.05) is 0 Å². The van der Waals surface area contributed by atoms with Gasteiger partial charge in [0.25, 0.3) is 0 Å². The maximum atomic E-state index is 9.05. The van der Waals surface area contributed by atoms with Crippen LogP contribution in [0, 0.1) is 17.2 Å². The maximum absolute atomic E-state index is 9.05. The number of hydrogen-bond acceptors (Lipinski definition) is 5. The van der Waals surface area contributed by atoms with E-state index in [0.29, 0.717) is 0 Å². The first-order chi connectivity index (χ1) is 5.20. The van der Waals surface area contributed by atoms with E-state index < -0.39 is 24.4 Å². The molecule has 0 saturated carbocycles. The molecule has 0 spiro atoms. The van der Waals surface area contributed by atoms with Gasteiger partial charge in [0.1, 0.15) is 18.1 Å². The summed E-state index contributed by atoms with van der Waals surface area (Å²) in [6.07, 6.45) is -3.33. The topological polar surface area (TPSA) is 93.7 Å². The second kappa shape index (κ2) is 3.15. The summed E-state index contributed by atoms with van der Waals surface area (Å²) in [5.41, 5.74) is 0. The van der Waals surface area contributed by atoms with Gasteiger partial charge in [-0.3, -0.25) is 0 Å². The van der Waals surface area contributed by atoms with Crippen LogP contribution in [0.15, 0.2) is 0 Å². The highest BCUT2D eigenvalue weighted by Gasteiger charge is 2.42. The lowest BCUT2D eigenvalue weighted by Crippen LogP contribution is -2.27. The summed E-state index contributed by atoms with van der Waals surface area (Å²) in [5, 5.41) is 35.0. The summed E-state index contributed by atoms with van der Waals surface area (Å²) < 4.78 is 4.66. The minimum Gasteiger partial charge on any atom is -0.394 e. The molecule has 0 amide bonds. The molecule has 0 aromatic heterocycles. The molecule has 1 heterocycles. The van der Waals surface area contributed by atoms with Crippen molar-refractivity contribution in [3.63, 3.8) is 0 Å². The van der Waals surface area contributed by atoms with E-state index in [1.54, 1.807) is 6.07 Å². The van der Waals surface area contributed by atoms with E-state index in [1.807, 2.05) is 0 Å². The minimum absolute atomic E-state index is 0.369. The van der Waals surface area contributed by atoms with Crippen molar-refractivity contribution in [2.75, 3.05) is 6.61 Å². The first kappa shape index (κ1) is 8.43. The fourth-order valence-corrected chi connectivity index (χ4v) is 1.06. The predicted octanol–water partition coefficient (Wildman–Crippen LogP) is -1.80. The van der Waals surface area contributed by atoms with Gasteiger partial charge in [-0.05, 0) is 0 Å². The molecule has 1 saturated heterocycles. The Kier molecular flexibility index (Phi) is 2.42. The molecule has 0 aromatic carbocycles. The van der Waals surface area contributed by atoms with Crippen LogP contribution in [0.25, 0.3) is 0 Å². The van der Waals surface area contributed by atoms with Crippen molar-refractivity contribution in [1.29, 1.82) is 5.26 Å². The van der Waals surface area contributed by atoms with Crippen molar-refractivity contribution in [1.82, 2.24) is 0 Å². The number of nitrogens with zero attached hydrogens (tertiary/aromatic N) is 1. The van der Waals surface area contributed by atoms with E-state index >= 15 is 0 Å². The highest BCUT2D eigenvalue weighted by molar-refractivity contribution is 4.99. The molecule has 1 rings (SSSR count). The molecule has 1 aliphatic heterocycles. The van der Waals surface area contributed by atoms with Crippen LogP contribution in [0.4, 0.5) is 0 Å². The van der Waals surface area contributed by atoms with Gasteiger partial charge in [-0.15, -0.1) is 0 Å². The normalized spacial score (nSPS) is 43.8. The number of aliphatic hydroxyl groups excluding tert-OH is 3. The molecule has 1 aliphatic rings. The third-order valence-electron chi connectivity index (χ3n) is 1.70. The van der Waals surface area contributed by atoms with Crippen LogP contribution in [0.2, 0.25) is 0 Å². The van der Waals surface area contributed by atoms with Crippen molar-refractivity contribution >= 4 is 0 Å². The van der Waals surface area contributed by atoms with Crippen LogP contribution in [-0.2, 0) is 4.74 Å². The second-order valence-corrected chi connectivity index (χ2v) is 2.39. The van der Waals surface area contributed by atoms with Gasteiger partial charge < -0.3 is 20.1 Å². The van der Waals surface area contributed by atoms with Gasteiger partial charge in [-0.2, -0.15) is 5.26 Å². The van der Waals surface area contributed by atoms with E-state index in [4.69, 9.17) is 20.6 Å². The average Bonchev–Trinajstić information content (AvgIpc) is 2.28. The van der Waals surface area contributed by atoms with Crippen molar-refractivity contribution < 1.29 is 20.1 Å². The van der Waals surface area contributed by atoms with Crippen LogP contribution < -0.4 is 0 Å². The molecule has 0 aliphatic carbocycles. The third-order valence-corrected chi connectivity index (χ3v) is 1.70. The molecular weight excluding hydrogens is 150 g/mol. The third kappa shape index (κ3) is 1.34. The van der Waals surface area contributed by atoms with E-state index in [-0.39, 0.29) is 6.61 Å². The Balaban J connectivity index is 2.66. The molecule has 1 unspecified atom stereocenters. The van der Waals surface area contributed by atoms with Gasteiger partial charge in [0.2, 0.25) is 0 Å². The lowest BCUT2D eigenvalue weighted by Gasteiger charge is -2.07. The quantitative estimate of drug-likeness (QED) is 0.419. The van der Waals surface area contributed by atoms with E-state index in [1.165, 1.54) is 0 Å². The molecule has 0 aromatic rings. The second-order valence-electron chi connectivity index (χ2n) is 2.39. The van der Waals surface area contributed by atoms with Crippen molar-refractivity contribution in [3.05, 3.63) is 0 Å². The fourth-order valence-electron chi connectivity index (χ4n) is 1.06. The zero-order valence-corrected chi connectivity index (χ0v) is 5.71. The molecule has 11 heavy (non-hydrogen) atoms. The summed E-state index contributed by atoms with van der Waals surface area (Å²) in [6.45, 7) is -0.369. The van der Waals surface area contributed by atoms with Crippen molar-refractivity contribution in [2.45, 2.75) is 18.5 Å². The highest BCUT2D eigenvalue weighted by atomic mass is 16.6. The molecule has 5 heteroatoms. The highest BCUT2D eigenvalue weighted by Crippen LogP contribution is 2.24. The SMILES string of the molecule is N#C[C@@H]1[C@@H](CO)OC(O)[C@@H]1O. The van der Waals surface area contributed by atoms with Crippen molar-refractivity contribution in [3.8, 4) is 6.07 Å². The Morgan fingerprint density at radius 1 is 1.45 bits per heavy atom. The Morgan fingerprint density at radius 3 is 2.45 bits per heavy atom. The Morgan fingerprint density at radius 2 is 2.09 bits per heavy atom. The molecular formula is C6H9NO4. The molecule has 62 valence electrons. The first-order valence-electron chi connectivity index (χ1n) is 3.22. The molecule has 0 radical (unpaired) electrons. The molecule has 4 atom stereocenters. The number of aliphatic hydroxyl groups is 3. The van der Waals surface area contributed by atoms with Gasteiger partial charge in [0.15, 0.2) is 6.29 Å². The van der Waals surface area contributed by atoms with Crippen LogP contribution in [0.1, 0.15) is 0 Å². The lowest BCUT2D eigenvalue weighted by molar-refractivity contribution is -0.132. The van der Waals surface area contributed by atoms with E-state index in [2.05, 4.69) is 4.74 Å². The van der Waals surface area contributed by atoms with Crippen LogP contribution in [0.5, 0.6) is 0 Å². The van der Waals surface area contributed by atoms with Crippen molar-refractivity contribution in [2.24, 2.45) is 5.92 Å². The van der Waals surface area contributed by atoms with Gasteiger partial charge in [-0.1, -0.05) is 0 Å². The number of hydrogen-bond donors (Lipinski definition) is 3. The van der Waals surface area contributed by atoms with Gasteiger partial charge >= 0.3 is 0 Å². The van der Waals surface area contributed by atoms with Gasteiger partial charge in [0.05, 0.1) is 12.7 Å². The number of ether oxygens (including phenoxy) is 1. The van der Waals surface area contributed by atoms with Crippen LogP contribution >= 0.6 is 0 Å². The summed E-state index contributed by atoms with van der Waals surface area (Å²) in [4.78, 5) is 0. The molecule has 5 nitrogen and oxygen atoms in total. The summed E-state index contributed by atoms with van der Waals surface area (Å²) in [7, 11) is 0. The standard InChI is InChI=1S/C6H9NO4/c7-1-3-4(2-8)11-6(10)5(3)9/h3-6,8-10H,2H2/t3-,4-,5-,6?/m1/s1. The Hall–Kier alpha value is -0.670. The molecule has 1 fully saturated rings. The Labute approximate surface area is 63.4 Å². The number of rotatable bonds is 1. The fraction of sp³-hybridized carbons (Fsp3) is 0.833. The lowest BCUT2D eigenvalue weighted by atomic mass is 10.0. The van der Waals surface area contributed by atoms with Gasteiger partial charge in [-0.25, -0.2) is 0 Å². The monoisotopic (exact) mass is 159 g/mol. The molecule has 0 bridgehead atoms. The number of nitriles is 1. The van der Waals surface area contributed by atoms with Crippen LogP contribution in [-0.4, -0.2) is 40.4 Å². The van der Waals surface area contributed by atoms with E-state index in [9.17, 15) is 0 Å². The average molecular weight is 159 g/mol. The Bertz CT molecular complexity index is 178. The first-order valence-corrected chi connectivity index (χ1v) is 3.22. The predicted molar refractivity (Wildman–Crippen MR) is 33.1 cm³/mol. The zero-order chi connectivity index (χ0) is 8.43. The summed E-state index contributed by atoms with van der Waals surface area (Å²) >= 11 is 0.